The highest BCUT2D eigenvalue weighted by Crippen LogP contribution is 2.15. The molecule has 0 radical (unpaired) electrons. The Labute approximate surface area is 170 Å². The standard InChI is InChI=1S/C18H36N6.HI/c1-8-19-17(21-13-18(4,5)14-23(6)7)20-10-9-11-24-16(3)12-15(2)22-24;/h12H,8-11,13-14H2,1-7H3,(H2,19,20,21);1H. The molecular formula is C18H37IN6. The van der Waals surface area contributed by atoms with E-state index in [-0.39, 0.29) is 29.4 Å². The number of halogens is 1. The fraction of sp³-hybridized carbons (Fsp3) is 0.778. The zero-order valence-electron chi connectivity index (χ0n) is 17.0. The molecule has 0 spiro atoms. The van der Waals surface area contributed by atoms with Gasteiger partial charge < -0.3 is 15.5 Å². The first-order chi connectivity index (χ1) is 11.2. The SMILES string of the molecule is CCNC(=NCC(C)(C)CN(C)C)NCCCn1nc(C)cc1C.I. The van der Waals surface area contributed by atoms with Crippen LogP contribution in [-0.4, -0.2) is 60.9 Å². The van der Waals surface area contributed by atoms with Crippen LogP contribution >= 0.6 is 24.0 Å². The smallest absolute Gasteiger partial charge is 0.191 e. The molecule has 0 atom stereocenters. The molecule has 146 valence electrons. The Bertz CT molecular complexity index is 522. The number of nitrogens with one attached hydrogen (secondary N) is 2. The molecule has 25 heavy (non-hydrogen) atoms. The van der Waals surface area contributed by atoms with Crippen molar-refractivity contribution in [2.45, 2.75) is 47.6 Å². The van der Waals surface area contributed by atoms with E-state index in [9.17, 15) is 0 Å². The lowest BCUT2D eigenvalue weighted by molar-refractivity contribution is 0.248. The first-order valence-corrected chi connectivity index (χ1v) is 8.91. The molecular weight excluding hydrogens is 427 g/mol. The minimum absolute atomic E-state index is 0. The van der Waals surface area contributed by atoms with Crippen molar-refractivity contribution in [1.29, 1.82) is 0 Å². The Morgan fingerprint density at radius 3 is 2.48 bits per heavy atom. The summed E-state index contributed by atoms with van der Waals surface area (Å²) in [4.78, 5) is 6.96. The minimum Gasteiger partial charge on any atom is -0.357 e. The normalized spacial score (nSPS) is 12.2. The van der Waals surface area contributed by atoms with Gasteiger partial charge in [0, 0.05) is 38.4 Å². The van der Waals surface area contributed by atoms with Crippen LogP contribution in [0.1, 0.15) is 38.6 Å². The summed E-state index contributed by atoms with van der Waals surface area (Å²) >= 11 is 0. The molecule has 0 bridgehead atoms. The molecule has 1 rings (SSSR count). The van der Waals surface area contributed by atoms with Gasteiger partial charge in [-0.15, -0.1) is 24.0 Å². The van der Waals surface area contributed by atoms with Crippen LogP contribution < -0.4 is 10.6 Å². The molecule has 1 heterocycles. The molecule has 1 aromatic heterocycles. The molecule has 0 aliphatic heterocycles. The van der Waals surface area contributed by atoms with Crippen molar-refractivity contribution in [3.63, 3.8) is 0 Å². The van der Waals surface area contributed by atoms with Gasteiger partial charge in [-0.2, -0.15) is 5.10 Å². The van der Waals surface area contributed by atoms with Crippen molar-refractivity contribution in [3.8, 4) is 0 Å². The molecule has 0 fully saturated rings. The van der Waals surface area contributed by atoms with E-state index in [0.29, 0.717) is 0 Å². The third-order valence-corrected chi connectivity index (χ3v) is 3.70. The summed E-state index contributed by atoms with van der Waals surface area (Å²) in [6, 6.07) is 2.12. The second kappa shape index (κ2) is 11.7. The van der Waals surface area contributed by atoms with Crippen LogP contribution in [0.15, 0.2) is 11.1 Å². The average Bonchev–Trinajstić information content (AvgIpc) is 2.77. The maximum atomic E-state index is 4.75. The maximum absolute atomic E-state index is 4.75. The highest BCUT2D eigenvalue weighted by Gasteiger charge is 2.18. The Balaban J connectivity index is 0.00000576. The Hall–Kier alpha value is -0.830. The van der Waals surface area contributed by atoms with Crippen LogP contribution in [0.4, 0.5) is 0 Å². The maximum Gasteiger partial charge on any atom is 0.191 e. The second-order valence-corrected chi connectivity index (χ2v) is 7.53. The number of aromatic nitrogens is 2. The molecule has 0 aliphatic carbocycles. The van der Waals surface area contributed by atoms with Crippen molar-refractivity contribution in [2.75, 3.05) is 40.3 Å². The van der Waals surface area contributed by atoms with Crippen LogP contribution in [0.5, 0.6) is 0 Å². The van der Waals surface area contributed by atoms with Crippen molar-refractivity contribution in [2.24, 2.45) is 10.4 Å². The van der Waals surface area contributed by atoms with Crippen molar-refractivity contribution < 1.29 is 0 Å². The lowest BCUT2D eigenvalue weighted by Gasteiger charge is -2.26. The zero-order valence-corrected chi connectivity index (χ0v) is 19.3. The van der Waals surface area contributed by atoms with Crippen LogP contribution in [0, 0.1) is 19.3 Å². The van der Waals surface area contributed by atoms with Gasteiger partial charge in [-0.1, -0.05) is 13.8 Å². The molecule has 6 nitrogen and oxygen atoms in total. The van der Waals surface area contributed by atoms with Gasteiger partial charge in [-0.05, 0) is 52.8 Å². The largest absolute Gasteiger partial charge is 0.357 e. The van der Waals surface area contributed by atoms with E-state index in [0.717, 1.165) is 50.8 Å². The first-order valence-electron chi connectivity index (χ1n) is 8.91. The summed E-state index contributed by atoms with van der Waals surface area (Å²) < 4.78 is 2.07. The Morgan fingerprint density at radius 2 is 1.96 bits per heavy atom. The average molecular weight is 464 g/mol. The third-order valence-electron chi connectivity index (χ3n) is 3.70. The topological polar surface area (TPSA) is 57.5 Å². The van der Waals surface area contributed by atoms with Gasteiger partial charge in [0.25, 0.3) is 0 Å². The number of guanidine groups is 1. The fourth-order valence-electron chi connectivity index (χ4n) is 2.88. The number of aryl methyl sites for hydroxylation is 3. The van der Waals surface area contributed by atoms with Gasteiger partial charge >= 0.3 is 0 Å². The molecule has 0 saturated heterocycles. The predicted molar refractivity (Wildman–Crippen MR) is 118 cm³/mol. The van der Waals surface area contributed by atoms with E-state index in [4.69, 9.17) is 4.99 Å². The zero-order chi connectivity index (χ0) is 18.2. The number of hydrogen-bond acceptors (Lipinski definition) is 3. The number of hydrogen-bond donors (Lipinski definition) is 2. The third kappa shape index (κ3) is 10.0. The van der Waals surface area contributed by atoms with Gasteiger partial charge in [0.05, 0.1) is 5.69 Å². The summed E-state index contributed by atoms with van der Waals surface area (Å²) in [6.07, 6.45) is 1.02. The lowest BCUT2D eigenvalue weighted by atomic mass is 9.93. The van der Waals surface area contributed by atoms with E-state index < -0.39 is 0 Å². The summed E-state index contributed by atoms with van der Waals surface area (Å²) in [5.41, 5.74) is 2.47. The number of aliphatic imine (C=N–C) groups is 1. The van der Waals surface area contributed by atoms with Crippen LogP contribution in [0.3, 0.4) is 0 Å². The molecule has 2 N–H and O–H groups in total. The first kappa shape index (κ1) is 24.2. The highest BCUT2D eigenvalue weighted by molar-refractivity contribution is 14.0. The van der Waals surface area contributed by atoms with Gasteiger partial charge in [-0.3, -0.25) is 9.67 Å². The van der Waals surface area contributed by atoms with E-state index in [1.807, 2.05) is 6.92 Å². The van der Waals surface area contributed by atoms with E-state index >= 15 is 0 Å². The van der Waals surface area contributed by atoms with E-state index in [2.05, 4.69) is 73.2 Å². The van der Waals surface area contributed by atoms with Gasteiger partial charge in [0.1, 0.15) is 0 Å². The lowest BCUT2D eigenvalue weighted by Crippen LogP contribution is -2.39. The monoisotopic (exact) mass is 464 g/mol. The quantitative estimate of drug-likeness (QED) is 0.255. The summed E-state index contributed by atoms with van der Waals surface area (Å²) in [7, 11) is 4.21. The van der Waals surface area contributed by atoms with Crippen molar-refractivity contribution in [3.05, 3.63) is 17.5 Å². The van der Waals surface area contributed by atoms with Crippen LogP contribution in [0.25, 0.3) is 0 Å². The van der Waals surface area contributed by atoms with Gasteiger partial charge in [-0.25, -0.2) is 0 Å². The van der Waals surface area contributed by atoms with Crippen molar-refractivity contribution in [1.82, 2.24) is 25.3 Å². The van der Waals surface area contributed by atoms with Crippen LogP contribution in [0.2, 0.25) is 0 Å². The van der Waals surface area contributed by atoms with Crippen LogP contribution in [-0.2, 0) is 6.54 Å². The molecule has 7 heteroatoms. The molecule has 0 saturated carbocycles. The van der Waals surface area contributed by atoms with Crippen molar-refractivity contribution >= 4 is 29.9 Å². The van der Waals surface area contributed by atoms with Gasteiger partial charge in [0.15, 0.2) is 5.96 Å². The second-order valence-electron chi connectivity index (χ2n) is 7.53. The minimum atomic E-state index is 0. The number of rotatable bonds is 9. The fourth-order valence-corrected chi connectivity index (χ4v) is 2.88. The Morgan fingerprint density at radius 1 is 1.28 bits per heavy atom. The molecule has 0 amide bonds. The summed E-state index contributed by atoms with van der Waals surface area (Å²) in [5, 5.41) is 11.3. The Kier molecular flexibility index (Phi) is 11.3. The van der Waals surface area contributed by atoms with E-state index in [1.54, 1.807) is 0 Å². The molecule has 0 unspecified atom stereocenters. The van der Waals surface area contributed by atoms with Gasteiger partial charge in [0.2, 0.25) is 0 Å². The predicted octanol–water partition coefficient (Wildman–Crippen LogP) is 2.65. The molecule has 0 aromatic carbocycles. The van der Waals surface area contributed by atoms with E-state index in [1.165, 1.54) is 5.69 Å². The summed E-state index contributed by atoms with van der Waals surface area (Å²) in [6.45, 7) is 15.3. The highest BCUT2D eigenvalue weighted by atomic mass is 127. The number of nitrogens with zero attached hydrogens (tertiary/aromatic N) is 4. The summed E-state index contributed by atoms with van der Waals surface area (Å²) in [5.74, 6) is 0.901. The molecule has 1 aromatic rings. The molecule has 0 aliphatic rings.